The predicted molar refractivity (Wildman–Crippen MR) is 130 cm³/mol. The van der Waals surface area contributed by atoms with Crippen LogP contribution in [0.25, 0.3) is 0 Å². The Morgan fingerprint density at radius 2 is 1.97 bits per heavy atom. The van der Waals surface area contributed by atoms with Crippen LogP contribution < -0.4 is 15.5 Å². The number of likely N-dealkylation sites (tertiary alicyclic amines) is 1. The van der Waals surface area contributed by atoms with E-state index in [0.717, 1.165) is 76.1 Å². The Hall–Kier alpha value is -1.13. The van der Waals surface area contributed by atoms with Crippen LogP contribution in [0.3, 0.4) is 0 Å². The molecule has 164 valence electrons. The van der Waals surface area contributed by atoms with Crippen LogP contribution in [-0.4, -0.2) is 73.9 Å². The minimum atomic E-state index is 0. The predicted octanol–water partition coefficient (Wildman–Crippen LogP) is 2.46. The number of aliphatic imine (C=N–C) groups is 1. The van der Waals surface area contributed by atoms with Crippen molar-refractivity contribution in [1.82, 2.24) is 20.5 Å². The second kappa shape index (κ2) is 12.5. The lowest BCUT2D eigenvalue weighted by atomic mass is 10.0. The summed E-state index contributed by atoms with van der Waals surface area (Å²) >= 11 is 0. The molecule has 2 aliphatic heterocycles. The average Bonchev–Trinajstić information content (AvgIpc) is 2.73. The molecule has 2 N–H and O–H groups in total. The number of morpholine rings is 1. The van der Waals surface area contributed by atoms with Crippen LogP contribution in [0.15, 0.2) is 23.3 Å². The normalized spacial score (nSPS) is 19.2. The van der Waals surface area contributed by atoms with Crippen LogP contribution in [0, 0.1) is 0 Å². The number of nitrogens with zero attached hydrogens (tertiary/aromatic N) is 4. The van der Waals surface area contributed by atoms with E-state index in [1.807, 2.05) is 12.3 Å². The molecule has 0 radical (unpaired) electrons. The SMILES string of the molecule is CCNC(=NCc1cccnc1N1CCOCC1)NC1CCN(C(C)C)CC1.I. The van der Waals surface area contributed by atoms with Gasteiger partial charge in [-0.3, -0.25) is 0 Å². The van der Waals surface area contributed by atoms with Crippen molar-refractivity contribution in [3.8, 4) is 0 Å². The third kappa shape index (κ3) is 7.25. The standard InChI is InChI=1S/C21H36N6O.HI/c1-4-22-21(25-19-7-10-26(11-8-19)17(2)3)24-16-18-6-5-9-23-20(18)27-12-14-28-15-13-27;/h5-6,9,17,19H,4,7-8,10-16H2,1-3H3,(H2,22,24,25);1H. The lowest BCUT2D eigenvalue weighted by molar-refractivity contribution is 0.122. The van der Waals surface area contributed by atoms with E-state index in [0.29, 0.717) is 18.6 Å². The number of ether oxygens (including phenoxy) is 1. The van der Waals surface area contributed by atoms with Crippen LogP contribution in [0.4, 0.5) is 5.82 Å². The van der Waals surface area contributed by atoms with Crippen LogP contribution in [0.1, 0.15) is 39.2 Å². The zero-order valence-electron chi connectivity index (χ0n) is 18.1. The number of rotatable bonds is 6. The molecule has 0 atom stereocenters. The van der Waals surface area contributed by atoms with Gasteiger partial charge in [-0.25, -0.2) is 9.98 Å². The maximum Gasteiger partial charge on any atom is 0.191 e. The maximum atomic E-state index is 5.48. The van der Waals surface area contributed by atoms with Crippen molar-refractivity contribution in [2.75, 3.05) is 50.8 Å². The summed E-state index contributed by atoms with van der Waals surface area (Å²) in [6, 6.07) is 5.25. The molecule has 0 aromatic carbocycles. The maximum absolute atomic E-state index is 5.48. The summed E-state index contributed by atoms with van der Waals surface area (Å²) in [6.07, 6.45) is 4.19. The quantitative estimate of drug-likeness (QED) is 0.344. The molecule has 1 aromatic heterocycles. The van der Waals surface area contributed by atoms with Gasteiger partial charge in [-0.15, -0.1) is 24.0 Å². The zero-order chi connectivity index (χ0) is 19.8. The topological polar surface area (TPSA) is 65.0 Å². The van der Waals surface area contributed by atoms with Gasteiger partial charge < -0.3 is 25.2 Å². The molecule has 2 aliphatic rings. The first-order valence-electron chi connectivity index (χ1n) is 10.7. The summed E-state index contributed by atoms with van der Waals surface area (Å²) in [5.74, 6) is 1.94. The van der Waals surface area contributed by atoms with E-state index in [1.165, 1.54) is 0 Å². The molecule has 29 heavy (non-hydrogen) atoms. The summed E-state index contributed by atoms with van der Waals surface area (Å²) < 4.78 is 5.48. The fourth-order valence-electron chi connectivity index (χ4n) is 3.85. The molecule has 3 heterocycles. The zero-order valence-corrected chi connectivity index (χ0v) is 20.4. The number of piperidine rings is 1. The molecule has 0 saturated carbocycles. The van der Waals surface area contributed by atoms with Gasteiger partial charge in [0.2, 0.25) is 0 Å². The number of nitrogens with one attached hydrogen (secondary N) is 2. The van der Waals surface area contributed by atoms with Crippen LogP contribution in [0.5, 0.6) is 0 Å². The van der Waals surface area contributed by atoms with E-state index in [2.05, 4.69) is 52.3 Å². The molecule has 2 fully saturated rings. The van der Waals surface area contributed by atoms with Gasteiger partial charge in [-0.2, -0.15) is 0 Å². The monoisotopic (exact) mass is 516 g/mol. The highest BCUT2D eigenvalue weighted by atomic mass is 127. The van der Waals surface area contributed by atoms with Gasteiger partial charge in [-0.1, -0.05) is 6.07 Å². The Balaban J connectivity index is 0.00000300. The van der Waals surface area contributed by atoms with Crippen molar-refractivity contribution in [2.24, 2.45) is 4.99 Å². The largest absolute Gasteiger partial charge is 0.378 e. The Morgan fingerprint density at radius 3 is 2.62 bits per heavy atom. The van der Waals surface area contributed by atoms with Crippen molar-refractivity contribution >= 4 is 35.8 Å². The highest BCUT2D eigenvalue weighted by Crippen LogP contribution is 2.19. The number of guanidine groups is 1. The van der Waals surface area contributed by atoms with Crippen molar-refractivity contribution in [3.63, 3.8) is 0 Å². The Kier molecular flexibility index (Phi) is 10.4. The van der Waals surface area contributed by atoms with E-state index in [9.17, 15) is 0 Å². The molecule has 0 bridgehead atoms. The van der Waals surface area contributed by atoms with Crippen molar-refractivity contribution in [2.45, 2.75) is 52.2 Å². The molecule has 0 spiro atoms. The van der Waals surface area contributed by atoms with Gasteiger partial charge in [0, 0.05) is 56.6 Å². The van der Waals surface area contributed by atoms with E-state index < -0.39 is 0 Å². The Morgan fingerprint density at radius 1 is 1.24 bits per heavy atom. The number of halogens is 1. The first-order valence-corrected chi connectivity index (χ1v) is 10.7. The number of aromatic nitrogens is 1. The molecule has 3 rings (SSSR count). The van der Waals surface area contributed by atoms with E-state index in [4.69, 9.17) is 9.73 Å². The summed E-state index contributed by atoms with van der Waals surface area (Å²) in [7, 11) is 0. The third-order valence-electron chi connectivity index (χ3n) is 5.53. The van der Waals surface area contributed by atoms with Gasteiger partial charge >= 0.3 is 0 Å². The Bertz CT molecular complexity index is 627. The number of anilines is 1. The highest BCUT2D eigenvalue weighted by molar-refractivity contribution is 14.0. The van der Waals surface area contributed by atoms with E-state index in [1.54, 1.807) is 0 Å². The molecule has 0 amide bonds. The number of hydrogen-bond donors (Lipinski definition) is 2. The summed E-state index contributed by atoms with van der Waals surface area (Å²) in [5, 5.41) is 7.05. The molecule has 7 nitrogen and oxygen atoms in total. The third-order valence-corrected chi connectivity index (χ3v) is 5.53. The van der Waals surface area contributed by atoms with Crippen molar-refractivity contribution in [3.05, 3.63) is 23.9 Å². The summed E-state index contributed by atoms with van der Waals surface area (Å²) in [6.45, 7) is 13.8. The lowest BCUT2D eigenvalue weighted by Gasteiger charge is -2.35. The summed E-state index contributed by atoms with van der Waals surface area (Å²) in [4.78, 5) is 14.3. The van der Waals surface area contributed by atoms with Crippen LogP contribution in [-0.2, 0) is 11.3 Å². The number of pyridine rings is 1. The van der Waals surface area contributed by atoms with Gasteiger partial charge in [0.25, 0.3) is 0 Å². The smallest absolute Gasteiger partial charge is 0.191 e. The van der Waals surface area contributed by atoms with Gasteiger partial charge in [-0.05, 0) is 39.7 Å². The molecular formula is C21H37IN6O. The molecule has 0 unspecified atom stereocenters. The molecular weight excluding hydrogens is 479 g/mol. The summed E-state index contributed by atoms with van der Waals surface area (Å²) in [5.41, 5.74) is 1.16. The minimum Gasteiger partial charge on any atom is -0.378 e. The Labute approximate surface area is 192 Å². The van der Waals surface area contributed by atoms with Crippen LogP contribution >= 0.6 is 24.0 Å². The van der Waals surface area contributed by atoms with Gasteiger partial charge in [0.15, 0.2) is 5.96 Å². The highest BCUT2D eigenvalue weighted by Gasteiger charge is 2.21. The average molecular weight is 516 g/mol. The van der Waals surface area contributed by atoms with Gasteiger partial charge in [0.1, 0.15) is 5.82 Å². The lowest BCUT2D eigenvalue weighted by Crippen LogP contribution is -2.49. The van der Waals surface area contributed by atoms with Crippen molar-refractivity contribution in [1.29, 1.82) is 0 Å². The second-order valence-electron chi connectivity index (χ2n) is 7.83. The number of hydrogen-bond acceptors (Lipinski definition) is 5. The molecule has 2 saturated heterocycles. The first kappa shape index (κ1) is 24.1. The fourth-order valence-corrected chi connectivity index (χ4v) is 3.85. The molecule has 8 heteroatoms. The minimum absolute atomic E-state index is 0. The van der Waals surface area contributed by atoms with E-state index in [-0.39, 0.29) is 24.0 Å². The van der Waals surface area contributed by atoms with E-state index >= 15 is 0 Å². The molecule has 1 aromatic rings. The van der Waals surface area contributed by atoms with Gasteiger partial charge in [0.05, 0.1) is 19.8 Å². The molecule has 0 aliphatic carbocycles. The van der Waals surface area contributed by atoms with Crippen molar-refractivity contribution < 1.29 is 4.74 Å². The van der Waals surface area contributed by atoms with Crippen LogP contribution in [0.2, 0.25) is 0 Å². The first-order chi connectivity index (χ1) is 13.7. The fraction of sp³-hybridized carbons (Fsp3) is 0.714. The second-order valence-corrected chi connectivity index (χ2v) is 7.83.